The Morgan fingerprint density at radius 3 is 2.35 bits per heavy atom. The summed E-state index contributed by atoms with van der Waals surface area (Å²) in [7, 11) is 0. The minimum atomic E-state index is 0. The Bertz CT molecular complexity index is 191. The highest BCUT2D eigenvalue weighted by Gasteiger charge is 2.23. The van der Waals surface area contributed by atoms with Gasteiger partial charge in [0.15, 0.2) is 0 Å². The first-order chi connectivity index (χ1) is 7.90. The molecule has 0 amide bonds. The number of hydrogen-bond donors (Lipinski definition) is 1. The zero-order chi connectivity index (χ0) is 11.2. The van der Waals surface area contributed by atoms with E-state index in [1.54, 1.807) is 0 Å². The Labute approximate surface area is 113 Å². The van der Waals surface area contributed by atoms with E-state index in [0.29, 0.717) is 0 Å². The van der Waals surface area contributed by atoms with Crippen molar-refractivity contribution in [3.63, 3.8) is 0 Å². The van der Waals surface area contributed by atoms with Crippen molar-refractivity contribution in [2.24, 2.45) is 11.7 Å². The highest BCUT2D eigenvalue weighted by atomic mass is 35.5. The van der Waals surface area contributed by atoms with Gasteiger partial charge < -0.3 is 10.6 Å². The van der Waals surface area contributed by atoms with Gasteiger partial charge in [-0.15, -0.1) is 12.4 Å². The molecular weight excluding hydrogens is 232 g/mol. The second kappa shape index (κ2) is 8.34. The fourth-order valence-corrected chi connectivity index (χ4v) is 3.52. The maximum absolute atomic E-state index is 5.71. The number of hydrogen-bond acceptors (Lipinski definition) is 2. The lowest BCUT2D eigenvalue weighted by Crippen LogP contribution is -2.41. The number of nitrogens with zero attached hydrogens (tertiary/aromatic N) is 1. The van der Waals surface area contributed by atoms with Crippen molar-refractivity contribution >= 4 is 12.4 Å². The van der Waals surface area contributed by atoms with E-state index in [4.69, 9.17) is 5.73 Å². The normalized spacial score (nSPS) is 27.0. The van der Waals surface area contributed by atoms with Crippen LogP contribution in [0.1, 0.15) is 57.8 Å². The third-order valence-electron chi connectivity index (χ3n) is 4.55. The van der Waals surface area contributed by atoms with Crippen LogP contribution in [0.25, 0.3) is 0 Å². The molecule has 1 aliphatic heterocycles. The number of nitrogens with two attached hydrogens (primary N) is 1. The minimum Gasteiger partial charge on any atom is -0.330 e. The molecule has 1 atom stereocenters. The summed E-state index contributed by atoms with van der Waals surface area (Å²) in [6.45, 7) is 3.54. The second-order valence-electron chi connectivity index (χ2n) is 5.70. The van der Waals surface area contributed by atoms with Crippen molar-refractivity contribution < 1.29 is 0 Å². The van der Waals surface area contributed by atoms with Crippen LogP contribution in [0.5, 0.6) is 0 Å². The van der Waals surface area contributed by atoms with Gasteiger partial charge in [0.1, 0.15) is 0 Å². The van der Waals surface area contributed by atoms with E-state index in [1.165, 1.54) is 70.9 Å². The van der Waals surface area contributed by atoms with Gasteiger partial charge in [-0.25, -0.2) is 0 Å². The molecule has 1 unspecified atom stereocenters. The van der Waals surface area contributed by atoms with Gasteiger partial charge in [0.25, 0.3) is 0 Å². The van der Waals surface area contributed by atoms with Gasteiger partial charge >= 0.3 is 0 Å². The van der Waals surface area contributed by atoms with Crippen molar-refractivity contribution in [2.45, 2.75) is 63.8 Å². The van der Waals surface area contributed by atoms with Gasteiger partial charge in [0, 0.05) is 6.04 Å². The first-order valence-corrected chi connectivity index (χ1v) is 7.34. The standard InChI is InChI=1S/C14H28N2.ClH/c15-10-8-14-7-3-4-11-16(14)12-9-13-5-1-2-6-13;/h13-14H,1-12,15H2;1H. The third-order valence-corrected chi connectivity index (χ3v) is 4.55. The molecule has 0 bridgehead atoms. The molecule has 2 rings (SSSR count). The molecule has 1 saturated heterocycles. The van der Waals surface area contributed by atoms with Crippen LogP contribution in [0.3, 0.4) is 0 Å². The zero-order valence-electron chi connectivity index (χ0n) is 11.1. The molecular formula is C14H29ClN2. The molecule has 0 aromatic carbocycles. The van der Waals surface area contributed by atoms with Gasteiger partial charge in [-0.2, -0.15) is 0 Å². The van der Waals surface area contributed by atoms with Crippen molar-refractivity contribution in [2.75, 3.05) is 19.6 Å². The van der Waals surface area contributed by atoms with E-state index >= 15 is 0 Å². The number of rotatable bonds is 5. The largest absolute Gasteiger partial charge is 0.330 e. The van der Waals surface area contributed by atoms with Crippen LogP contribution in [-0.2, 0) is 0 Å². The molecule has 1 heterocycles. The lowest BCUT2D eigenvalue weighted by Gasteiger charge is -2.36. The summed E-state index contributed by atoms with van der Waals surface area (Å²) >= 11 is 0. The lowest BCUT2D eigenvalue weighted by molar-refractivity contribution is 0.133. The average molecular weight is 261 g/mol. The lowest BCUT2D eigenvalue weighted by atomic mass is 9.97. The number of likely N-dealkylation sites (tertiary alicyclic amines) is 1. The summed E-state index contributed by atoms with van der Waals surface area (Å²) < 4.78 is 0. The quantitative estimate of drug-likeness (QED) is 0.823. The molecule has 102 valence electrons. The molecule has 1 saturated carbocycles. The molecule has 2 fully saturated rings. The Balaban J connectivity index is 0.00000144. The summed E-state index contributed by atoms with van der Waals surface area (Å²) in [6, 6.07) is 0.806. The molecule has 1 aliphatic carbocycles. The Morgan fingerprint density at radius 1 is 0.941 bits per heavy atom. The maximum Gasteiger partial charge on any atom is 0.0107 e. The van der Waals surface area contributed by atoms with E-state index in [9.17, 15) is 0 Å². The molecule has 3 heteroatoms. The Hall–Kier alpha value is 0.210. The summed E-state index contributed by atoms with van der Waals surface area (Å²) in [6.07, 6.45) is 12.8. The molecule has 2 N–H and O–H groups in total. The number of halogens is 1. The first kappa shape index (κ1) is 15.3. The van der Waals surface area contributed by atoms with Crippen molar-refractivity contribution in [1.29, 1.82) is 0 Å². The van der Waals surface area contributed by atoms with Gasteiger partial charge in [0.05, 0.1) is 0 Å². The van der Waals surface area contributed by atoms with Gasteiger partial charge in [0.2, 0.25) is 0 Å². The highest BCUT2D eigenvalue weighted by molar-refractivity contribution is 5.85. The number of piperidine rings is 1. The predicted octanol–water partition coefficient (Wildman–Crippen LogP) is 3.19. The predicted molar refractivity (Wildman–Crippen MR) is 76.7 cm³/mol. The van der Waals surface area contributed by atoms with Crippen molar-refractivity contribution in [3.8, 4) is 0 Å². The van der Waals surface area contributed by atoms with Crippen molar-refractivity contribution in [3.05, 3.63) is 0 Å². The van der Waals surface area contributed by atoms with Crippen LogP contribution in [0.15, 0.2) is 0 Å². The van der Waals surface area contributed by atoms with E-state index < -0.39 is 0 Å². The van der Waals surface area contributed by atoms with Crippen LogP contribution in [0.4, 0.5) is 0 Å². The van der Waals surface area contributed by atoms with E-state index in [0.717, 1.165) is 18.5 Å². The van der Waals surface area contributed by atoms with Crippen LogP contribution in [0, 0.1) is 5.92 Å². The van der Waals surface area contributed by atoms with Crippen LogP contribution in [-0.4, -0.2) is 30.6 Å². The fourth-order valence-electron chi connectivity index (χ4n) is 3.52. The molecule has 0 radical (unpaired) electrons. The van der Waals surface area contributed by atoms with Crippen LogP contribution >= 0.6 is 12.4 Å². The molecule has 17 heavy (non-hydrogen) atoms. The van der Waals surface area contributed by atoms with E-state index in [1.807, 2.05) is 0 Å². The van der Waals surface area contributed by atoms with Crippen LogP contribution in [0.2, 0.25) is 0 Å². The summed E-state index contributed by atoms with van der Waals surface area (Å²) in [4.78, 5) is 2.73. The van der Waals surface area contributed by atoms with E-state index in [2.05, 4.69) is 4.90 Å². The second-order valence-corrected chi connectivity index (χ2v) is 5.70. The fraction of sp³-hybridized carbons (Fsp3) is 1.00. The molecule has 2 aliphatic rings. The molecule has 0 aromatic rings. The Morgan fingerprint density at radius 2 is 1.65 bits per heavy atom. The zero-order valence-corrected chi connectivity index (χ0v) is 11.9. The van der Waals surface area contributed by atoms with Crippen molar-refractivity contribution in [1.82, 2.24) is 4.90 Å². The van der Waals surface area contributed by atoms with Gasteiger partial charge in [-0.1, -0.05) is 32.1 Å². The monoisotopic (exact) mass is 260 g/mol. The first-order valence-electron chi connectivity index (χ1n) is 7.34. The summed E-state index contributed by atoms with van der Waals surface area (Å²) in [5.41, 5.74) is 5.71. The third kappa shape index (κ3) is 4.76. The van der Waals surface area contributed by atoms with Gasteiger partial charge in [-0.3, -0.25) is 0 Å². The summed E-state index contributed by atoms with van der Waals surface area (Å²) in [5, 5.41) is 0. The Kier molecular flexibility index (Phi) is 7.49. The maximum atomic E-state index is 5.71. The summed E-state index contributed by atoms with van der Waals surface area (Å²) in [5.74, 6) is 1.04. The molecule has 0 spiro atoms. The average Bonchev–Trinajstić information content (AvgIpc) is 2.81. The van der Waals surface area contributed by atoms with E-state index in [-0.39, 0.29) is 12.4 Å². The van der Waals surface area contributed by atoms with Crippen LogP contribution < -0.4 is 5.73 Å². The highest BCUT2D eigenvalue weighted by Crippen LogP contribution is 2.29. The SMILES string of the molecule is Cl.NCCC1CCCCN1CCC1CCCC1. The van der Waals surface area contributed by atoms with Gasteiger partial charge in [-0.05, 0) is 51.2 Å². The minimum absolute atomic E-state index is 0. The smallest absolute Gasteiger partial charge is 0.0107 e. The topological polar surface area (TPSA) is 29.3 Å². The molecule has 0 aromatic heterocycles. The molecule has 2 nitrogen and oxygen atoms in total.